The molecule has 2 aromatic rings. The molecule has 0 N–H and O–H groups in total. The van der Waals surface area contributed by atoms with Crippen LogP contribution in [-0.2, 0) is 11.3 Å². The predicted molar refractivity (Wildman–Crippen MR) is 87.9 cm³/mol. The van der Waals surface area contributed by atoms with Gasteiger partial charge in [0.1, 0.15) is 6.61 Å². The maximum Gasteiger partial charge on any atom is 0.267 e. The standard InChI is InChI=1S/C18H21N3O3/c22-18(17-13-23-15-7-1-2-8-16(15)24-17)21-11-4-3-6-14(21)12-20-10-5-9-19-20/h1-2,5,7-10,14,17H,3-4,6,11-13H2/t14-,17-/m0/s1. The molecule has 2 aliphatic rings. The number of aromatic nitrogens is 2. The molecule has 1 fully saturated rings. The topological polar surface area (TPSA) is 56.6 Å². The minimum Gasteiger partial charge on any atom is -0.485 e. The molecule has 1 amide bonds. The van der Waals surface area contributed by atoms with E-state index < -0.39 is 6.10 Å². The van der Waals surface area contributed by atoms with Crippen molar-refractivity contribution in [2.75, 3.05) is 13.2 Å². The molecule has 2 aliphatic heterocycles. The van der Waals surface area contributed by atoms with E-state index in [0.717, 1.165) is 32.4 Å². The van der Waals surface area contributed by atoms with Gasteiger partial charge >= 0.3 is 0 Å². The predicted octanol–water partition coefficient (Wildman–Crippen LogP) is 2.10. The van der Waals surface area contributed by atoms with Crippen molar-refractivity contribution in [3.63, 3.8) is 0 Å². The van der Waals surface area contributed by atoms with Crippen molar-refractivity contribution in [2.24, 2.45) is 0 Å². The number of amides is 1. The number of ether oxygens (including phenoxy) is 2. The van der Waals surface area contributed by atoms with Gasteiger partial charge in [0.15, 0.2) is 11.5 Å². The Labute approximate surface area is 141 Å². The summed E-state index contributed by atoms with van der Waals surface area (Å²) in [5.41, 5.74) is 0. The van der Waals surface area contributed by atoms with E-state index in [1.807, 2.05) is 46.1 Å². The Kier molecular flexibility index (Phi) is 4.11. The third-order valence-electron chi connectivity index (χ3n) is 4.65. The number of benzene rings is 1. The smallest absolute Gasteiger partial charge is 0.267 e. The fourth-order valence-corrected chi connectivity index (χ4v) is 3.43. The number of rotatable bonds is 3. The third kappa shape index (κ3) is 2.96. The van der Waals surface area contributed by atoms with Crippen LogP contribution in [0.5, 0.6) is 11.5 Å². The summed E-state index contributed by atoms with van der Waals surface area (Å²) in [6.45, 7) is 1.76. The van der Waals surface area contributed by atoms with Crippen molar-refractivity contribution in [1.29, 1.82) is 0 Å². The van der Waals surface area contributed by atoms with Crippen molar-refractivity contribution in [2.45, 2.75) is 38.0 Å². The van der Waals surface area contributed by atoms with Gasteiger partial charge in [-0.25, -0.2) is 0 Å². The summed E-state index contributed by atoms with van der Waals surface area (Å²) in [4.78, 5) is 14.9. The Morgan fingerprint density at radius 3 is 2.92 bits per heavy atom. The number of hydrogen-bond donors (Lipinski definition) is 0. The van der Waals surface area contributed by atoms with E-state index in [2.05, 4.69) is 5.10 Å². The maximum absolute atomic E-state index is 13.0. The molecule has 24 heavy (non-hydrogen) atoms. The molecule has 0 radical (unpaired) electrons. The van der Waals surface area contributed by atoms with E-state index in [1.54, 1.807) is 6.20 Å². The first kappa shape index (κ1) is 15.1. The molecule has 6 nitrogen and oxygen atoms in total. The summed E-state index contributed by atoms with van der Waals surface area (Å²) in [6, 6.07) is 9.55. The fourth-order valence-electron chi connectivity index (χ4n) is 3.43. The van der Waals surface area contributed by atoms with E-state index >= 15 is 0 Å². The van der Waals surface area contributed by atoms with Crippen LogP contribution < -0.4 is 9.47 Å². The lowest BCUT2D eigenvalue weighted by molar-refractivity contribution is -0.145. The first-order valence-electron chi connectivity index (χ1n) is 8.47. The van der Waals surface area contributed by atoms with Gasteiger partial charge in [0.05, 0.1) is 12.6 Å². The average Bonchev–Trinajstić information content (AvgIpc) is 3.14. The van der Waals surface area contributed by atoms with E-state index in [1.165, 1.54) is 0 Å². The van der Waals surface area contributed by atoms with E-state index in [0.29, 0.717) is 11.5 Å². The average molecular weight is 327 g/mol. The molecule has 0 saturated carbocycles. The van der Waals surface area contributed by atoms with Gasteiger partial charge in [0, 0.05) is 18.9 Å². The van der Waals surface area contributed by atoms with Crippen LogP contribution in [0, 0.1) is 0 Å². The van der Waals surface area contributed by atoms with Crippen molar-refractivity contribution >= 4 is 5.91 Å². The van der Waals surface area contributed by atoms with E-state index in [4.69, 9.17) is 9.47 Å². The van der Waals surface area contributed by atoms with Crippen LogP contribution in [-0.4, -0.2) is 45.9 Å². The fraction of sp³-hybridized carbons (Fsp3) is 0.444. The lowest BCUT2D eigenvalue weighted by Crippen LogP contribution is -2.53. The summed E-state index contributed by atoms with van der Waals surface area (Å²) in [5.74, 6) is 1.36. The van der Waals surface area contributed by atoms with Gasteiger partial charge in [-0.15, -0.1) is 0 Å². The van der Waals surface area contributed by atoms with Gasteiger partial charge < -0.3 is 14.4 Å². The van der Waals surface area contributed by atoms with Crippen molar-refractivity contribution in [3.8, 4) is 11.5 Å². The highest BCUT2D eigenvalue weighted by Crippen LogP contribution is 2.32. The number of fused-ring (bicyclic) bond motifs is 1. The van der Waals surface area contributed by atoms with Crippen LogP contribution >= 0.6 is 0 Å². The Balaban J connectivity index is 1.48. The zero-order valence-corrected chi connectivity index (χ0v) is 13.5. The quantitative estimate of drug-likeness (QED) is 0.866. The molecule has 6 heteroatoms. The minimum atomic E-state index is -0.571. The maximum atomic E-state index is 13.0. The highest BCUT2D eigenvalue weighted by molar-refractivity contribution is 5.82. The lowest BCUT2D eigenvalue weighted by atomic mass is 10.0. The van der Waals surface area contributed by atoms with Gasteiger partial charge in [-0.05, 0) is 37.5 Å². The van der Waals surface area contributed by atoms with Gasteiger partial charge in [-0.1, -0.05) is 12.1 Å². The largest absolute Gasteiger partial charge is 0.485 e. The third-order valence-corrected chi connectivity index (χ3v) is 4.65. The van der Waals surface area contributed by atoms with Crippen molar-refractivity contribution < 1.29 is 14.3 Å². The Morgan fingerprint density at radius 1 is 1.21 bits per heavy atom. The zero-order chi connectivity index (χ0) is 16.4. The number of piperidine rings is 1. The highest BCUT2D eigenvalue weighted by Gasteiger charge is 2.35. The summed E-state index contributed by atoms with van der Waals surface area (Å²) in [7, 11) is 0. The van der Waals surface area contributed by atoms with Crippen LogP contribution in [0.15, 0.2) is 42.7 Å². The molecule has 1 saturated heterocycles. The molecule has 2 atom stereocenters. The number of likely N-dealkylation sites (tertiary alicyclic amines) is 1. The molecular weight excluding hydrogens is 306 g/mol. The summed E-state index contributed by atoms with van der Waals surface area (Å²) in [6.07, 6.45) is 6.30. The summed E-state index contributed by atoms with van der Waals surface area (Å²) < 4.78 is 13.5. The Bertz CT molecular complexity index is 701. The van der Waals surface area contributed by atoms with Crippen LogP contribution in [0.1, 0.15) is 19.3 Å². The number of hydrogen-bond acceptors (Lipinski definition) is 4. The SMILES string of the molecule is O=C([C@@H]1COc2ccccc2O1)N1CCCC[C@H]1Cn1cccn1. The van der Waals surface area contributed by atoms with Gasteiger partial charge in [0.25, 0.3) is 5.91 Å². The van der Waals surface area contributed by atoms with E-state index in [9.17, 15) is 4.79 Å². The Hall–Kier alpha value is -2.50. The van der Waals surface area contributed by atoms with Gasteiger partial charge in [0.2, 0.25) is 6.10 Å². The monoisotopic (exact) mass is 327 g/mol. The second kappa shape index (κ2) is 6.55. The van der Waals surface area contributed by atoms with Crippen LogP contribution in [0.2, 0.25) is 0 Å². The number of para-hydroxylation sites is 2. The van der Waals surface area contributed by atoms with Crippen LogP contribution in [0.25, 0.3) is 0 Å². The molecule has 0 bridgehead atoms. The van der Waals surface area contributed by atoms with Crippen LogP contribution in [0.3, 0.4) is 0 Å². The molecule has 4 rings (SSSR count). The second-order valence-electron chi connectivity index (χ2n) is 6.27. The van der Waals surface area contributed by atoms with Gasteiger partial charge in [-0.3, -0.25) is 9.48 Å². The Morgan fingerprint density at radius 2 is 2.08 bits per heavy atom. The van der Waals surface area contributed by atoms with E-state index in [-0.39, 0.29) is 18.6 Å². The lowest BCUT2D eigenvalue weighted by Gasteiger charge is -2.38. The second-order valence-corrected chi connectivity index (χ2v) is 6.27. The first-order chi connectivity index (χ1) is 11.8. The first-order valence-corrected chi connectivity index (χ1v) is 8.47. The molecule has 1 aromatic heterocycles. The minimum absolute atomic E-state index is 0.0151. The van der Waals surface area contributed by atoms with Crippen molar-refractivity contribution in [3.05, 3.63) is 42.7 Å². The molecule has 126 valence electrons. The summed E-state index contributed by atoms with van der Waals surface area (Å²) in [5, 5.41) is 4.27. The molecule has 0 spiro atoms. The van der Waals surface area contributed by atoms with Crippen molar-refractivity contribution in [1.82, 2.24) is 14.7 Å². The number of carbonyl (C=O) groups is 1. The summed E-state index contributed by atoms with van der Waals surface area (Å²) >= 11 is 0. The molecular formula is C18H21N3O3. The molecule has 3 heterocycles. The normalized spacial score (nSPS) is 23.1. The molecule has 1 aromatic carbocycles. The number of carbonyl (C=O) groups excluding carboxylic acids is 1. The van der Waals surface area contributed by atoms with Gasteiger partial charge in [-0.2, -0.15) is 5.10 Å². The number of nitrogens with zero attached hydrogens (tertiary/aromatic N) is 3. The zero-order valence-electron chi connectivity index (χ0n) is 13.5. The molecule has 0 unspecified atom stereocenters. The van der Waals surface area contributed by atoms with Crippen LogP contribution in [0.4, 0.5) is 0 Å². The highest BCUT2D eigenvalue weighted by atomic mass is 16.6. The molecule has 0 aliphatic carbocycles.